The summed E-state index contributed by atoms with van der Waals surface area (Å²) in [4.78, 5) is 11.2. The van der Waals surface area contributed by atoms with E-state index in [9.17, 15) is 9.90 Å². The number of carbonyl (C=O) groups is 1. The normalized spacial score (nSPS) is 11.4. The van der Waals surface area contributed by atoms with Crippen LogP contribution in [0.4, 0.5) is 0 Å². The average molecular weight is 405 g/mol. The minimum absolute atomic E-state index is 0.500. The average Bonchev–Trinajstić information content (AvgIpc) is 2.59. The van der Waals surface area contributed by atoms with Crippen molar-refractivity contribution in [3.8, 4) is 16.9 Å². The molecule has 0 aromatic heterocycles. The summed E-state index contributed by atoms with van der Waals surface area (Å²) in [5, 5.41) is 9.92. The number of halogens is 1. The Balaban J connectivity index is 2.16. The van der Waals surface area contributed by atoms with Crippen molar-refractivity contribution < 1.29 is 14.6 Å². The van der Waals surface area contributed by atoms with Crippen molar-refractivity contribution in [3.05, 3.63) is 53.6 Å². The fourth-order valence-electron chi connectivity index (χ4n) is 2.62. The molecule has 2 aromatic carbocycles. The molecule has 0 bridgehead atoms. The summed E-state index contributed by atoms with van der Waals surface area (Å²) in [5.74, 6) is 0.102. The zero-order valence-corrected chi connectivity index (χ0v) is 16.6. The highest BCUT2D eigenvalue weighted by Gasteiger charge is 2.26. The van der Waals surface area contributed by atoms with Gasteiger partial charge in [-0.3, -0.25) is 4.79 Å². The van der Waals surface area contributed by atoms with Crippen LogP contribution in [0.25, 0.3) is 11.1 Å². The Kier molecular flexibility index (Phi) is 6.65. The van der Waals surface area contributed by atoms with E-state index >= 15 is 0 Å². The highest BCUT2D eigenvalue weighted by Crippen LogP contribution is 2.35. The lowest BCUT2D eigenvalue weighted by Gasteiger charge is -2.20. The summed E-state index contributed by atoms with van der Waals surface area (Å²) in [6.45, 7) is 6.07. The molecule has 0 aliphatic rings. The molecule has 0 saturated heterocycles. The minimum atomic E-state index is -0.770. The van der Waals surface area contributed by atoms with Crippen molar-refractivity contribution in [3.63, 3.8) is 0 Å². The van der Waals surface area contributed by atoms with Crippen molar-refractivity contribution in [2.24, 2.45) is 5.41 Å². The number of carboxylic acids is 1. The molecule has 25 heavy (non-hydrogen) atoms. The largest absolute Gasteiger partial charge is 0.493 e. The highest BCUT2D eigenvalue weighted by atomic mass is 79.9. The maximum absolute atomic E-state index is 11.2. The van der Waals surface area contributed by atoms with Gasteiger partial charge >= 0.3 is 5.97 Å². The number of rotatable bonds is 8. The Bertz CT molecular complexity index is 720. The predicted molar refractivity (Wildman–Crippen MR) is 105 cm³/mol. The van der Waals surface area contributed by atoms with Gasteiger partial charge in [-0.05, 0) is 39.2 Å². The molecule has 0 radical (unpaired) electrons. The molecular formula is C21H25BrO3. The molecule has 0 atom stereocenters. The molecule has 0 aliphatic heterocycles. The van der Waals surface area contributed by atoms with E-state index < -0.39 is 11.4 Å². The molecule has 0 spiro atoms. The SMILES string of the molecule is Cc1ccc(-c2cccc(CBr)c2OCCCC(C)(C)C(=O)O)cc1. The van der Waals surface area contributed by atoms with E-state index in [1.807, 2.05) is 12.1 Å². The summed E-state index contributed by atoms with van der Waals surface area (Å²) >= 11 is 3.53. The van der Waals surface area contributed by atoms with Crippen LogP contribution in [-0.2, 0) is 10.1 Å². The number of hydrogen-bond acceptors (Lipinski definition) is 2. The summed E-state index contributed by atoms with van der Waals surface area (Å²) in [6.07, 6.45) is 1.28. The maximum atomic E-state index is 11.2. The van der Waals surface area contributed by atoms with Crippen LogP contribution < -0.4 is 4.74 Å². The summed E-state index contributed by atoms with van der Waals surface area (Å²) in [7, 11) is 0. The van der Waals surface area contributed by atoms with Gasteiger partial charge in [0.05, 0.1) is 12.0 Å². The molecule has 3 nitrogen and oxygen atoms in total. The number of aryl methyl sites for hydroxylation is 1. The third kappa shape index (κ3) is 5.08. The van der Waals surface area contributed by atoms with Crippen molar-refractivity contribution in [2.75, 3.05) is 6.61 Å². The predicted octanol–water partition coefficient (Wildman–Crippen LogP) is 5.83. The summed E-state index contributed by atoms with van der Waals surface area (Å²) < 4.78 is 6.10. The molecular weight excluding hydrogens is 380 g/mol. The topological polar surface area (TPSA) is 46.5 Å². The van der Waals surface area contributed by atoms with E-state index in [-0.39, 0.29) is 0 Å². The summed E-state index contributed by atoms with van der Waals surface area (Å²) in [5.41, 5.74) is 3.77. The van der Waals surface area contributed by atoms with E-state index in [0.29, 0.717) is 24.8 Å². The zero-order valence-electron chi connectivity index (χ0n) is 15.0. The van der Waals surface area contributed by atoms with E-state index in [1.165, 1.54) is 5.56 Å². The van der Waals surface area contributed by atoms with Crippen LogP contribution in [-0.4, -0.2) is 17.7 Å². The molecule has 0 amide bonds. The van der Waals surface area contributed by atoms with Gasteiger partial charge < -0.3 is 9.84 Å². The fraction of sp³-hybridized carbons (Fsp3) is 0.381. The van der Waals surface area contributed by atoms with Crippen LogP contribution in [0.3, 0.4) is 0 Å². The van der Waals surface area contributed by atoms with E-state index in [4.69, 9.17) is 4.74 Å². The van der Waals surface area contributed by atoms with Crippen molar-refractivity contribution in [1.29, 1.82) is 0 Å². The molecule has 0 heterocycles. The lowest BCUT2D eigenvalue weighted by Crippen LogP contribution is -2.24. The fourth-order valence-corrected chi connectivity index (χ4v) is 3.06. The number of benzene rings is 2. The third-order valence-electron chi connectivity index (χ3n) is 4.37. The molecule has 2 rings (SSSR count). The first kappa shape index (κ1) is 19.5. The Morgan fingerprint density at radius 1 is 1.16 bits per heavy atom. The number of ether oxygens (including phenoxy) is 1. The van der Waals surface area contributed by atoms with Gasteiger partial charge in [0.1, 0.15) is 5.75 Å². The van der Waals surface area contributed by atoms with E-state index in [0.717, 1.165) is 22.4 Å². The zero-order chi connectivity index (χ0) is 18.4. The van der Waals surface area contributed by atoms with Gasteiger partial charge in [-0.1, -0.05) is 64.0 Å². The lowest BCUT2D eigenvalue weighted by atomic mass is 9.88. The van der Waals surface area contributed by atoms with Crippen LogP contribution in [0.2, 0.25) is 0 Å². The lowest BCUT2D eigenvalue weighted by molar-refractivity contribution is -0.147. The maximum Gasteiger partial charge on any atom is 0.309 e. The second-order valence-electron chi connectivity index (χ2n) is 6.93. The Hall–Kier alpha value is -1.81. The van der Waals surface area contributed by atoms with Crippen molar-refractivity contribution in [1.82, 2.24) is 0 Å². The van der Waals surface area contributed by atoms with E-state index in [2.05, 4.69) is 53.2 Å². The van der Waals surface area contributed by atoms with Gasteiger partial charge in [-0.25, -0.2) is 0 Å². The van der Waals surface area contributed by atoms with Crippen LogP contribution >= 0.6 is 15.9 Å². The summed E-state index contributed by atoms with van der Waals surface area (Å²) in [6, 6.07) is 14.5. The minimum Gasteiger partial charge on any atom is -0.493 e. The second kappa shape index (κ2) is 8.52. The second-order valence-corrected chi connectivity index (χ2v) is 7.50. The first-order valence-electron chi connectivity index (χ1n) is 8.46. The molecule has 0 aliphatic carbocycles. The quantitative estimate of drug-likeness (QED) is 0.444. The van der Waals surface area contributed by atoms with E-state index in [1.54, 1.807) is 13.8 Å². The number of aliphatic carboxylic acids is 1. The van der Waals surface area contributed by atoms with Crippen LogP contribution in [0.15, 0.2) is 42.5 Å². The Labute approximate surface area is 158 Å². The molecule has 134 valence electrons. The van der Waals surface area contributed by atoms with Gasteiger partial charge in [-0.15, -0.1) is 0 Å². The van der Waals surface area contributed by atoms with Gasteiger partial charge in [0.15, 0.2) is 0 Å². The first-order valence-corrected chi connectivity index (χ1v) is 9.58. The van der Waals surface area contributed by atoms with Gasteiger partial charge in [0.2, 0.25) is 0 Å². The smallest absolute Gasteiger partial charge is 0.309 e. The number of hydrogen-bond donors (Lipinski definition) is 1. The van der Waals surface area contributed by atoms with Gasteiger partial charge in [-0.2, -0.15) is 0 Å². The van der Waals surface area contributed by atoms with Crippen LogP contribution in [0.5, 0.6) is 5.75 Å². The number of alkyl halides is 1. The molecule has 0 saturated carbocycles. The monoisotopic (exact) mass is 404 g/mol. The number of para-hydroxylation sites is 1. The third-order valence-corrected chi connectivity index (χ3v) is 4.98. The van der Waals surface area contributed by atoms with Crippen molar-refractivity contribution >= 4 is 21.9 Å². The van der Waals surface area contributed by atoms with Crippen LogP contribution in [0.1, 0.15) is 37.8 Å². The van der Waals surface area contributed by atoms with Gasteiger partial charge in [0.25, 0.3) is 0 Å². The van der Waals surface area contributed by atoms with Gasteiger partial charge in [0, 0.05) is 16.5 Å². The Morgan fingerprint density at radius 2 is 1.84 bits per heavy atom. The standard InChI is InChI=1S/C21H25BrO3/c1-15-8-10-16(11-9-15)18-7-4-6-17(14-22)19(18)25-13-5-12-21(2,3)20(23)24/h4,6-11H,5,12-14H2,1-3H3,(H,23,24). The molecule has 0 fully saturated rings. The first-order chi connectivity index (χ1) is 11.8. The number of carboxylic acid groups (broad SMARTS) is 1. The molecule has 4 heteroatoms. The molecule has 2 aromatic rings. The highest BCUT2D eigenvalue weighted by molar-refractivity contribution is 9.08. The molecule has 0 unspecified atom stereocenters. The van der Waals surface area contributed by atoms with Crippen LogP contribution in [0, 0.1) is 12.3 Å². The Morgan fingerprint density at radius 3 is 2.44 bits per heavy atom. The molecule has 1 N–H and O–H groups in total. The van der Waals surface area contributed by atoms with Crippen molar-refractivity contribution in [2.45, 2.75) is 38.9 Å².